The van der Waals surface area contributed by atoms with E-state index in [0.29, 0.717) is 6.61 Å². The van der Waals surface area contributed by atoms with Gasteiger partial charge < -0.3 is 9.84 Å². The smallest absolute Gasteiger partial charge is 0.335 e. The quantitative estimate of drug-likeness (QED) is 0.788. The second-order valence-corrected chi connectivity index (χ2v) is 3.78. The highest BCUT2D eigenvalue weighted by atomic mass is 32.2. The monoisotopic (exact) mass is 230 g/mol. The fourth-order valence-corrected chi connectivity index (χ4v) is 1.24. The van der Waals surface area contributed by atoms with Crippen molar-refractivity contribution in [3.05, 3.63) is 29.6 Å². The van der Waals surface area contributed by atoms with E-state index in [4.69, 9.17) is 9.84 Å². The first-order valence-electron chi connectivity index (χ1n) is 4.29. The van der Waals surface area contributed by atoms with Crippen molar-refractivity contribution < 1.29 is 19.0 Å². The van der Waals surface area contributed by atoms with Crippen molar-refractivity contribution >= 4 is 17.7 Å². The zero-order chi connectivity index (χ0) is 11.3. The maximum absolute atomic E-state index is 13.2. The van der Waals surface area contributed by atoms with E-state index >= 15 is 0 Å². The summed E-state index contributed by atoms with van der Waals surface area (Å²) in [6.07, 6.45) is 1.92. The summed E-state index contributed by atoms with van der Waals surface area (Å²) < 4.78 is 18.4. The zero-order valence-electron chi connectivity index (χ0n) is 8.20. The third-order valence-corrected chi connectivity index (χ3v) is 2.30. The third-order valence-electron chi connectivity index (χ3n) is 1.72. The Balaban J connectivity index is 2.70. The average molecular weight is 230 g/mol. The summed E-state index contributed by atoms with van der Waals surface area (Å²) in [6, 6.07) is 3.61. The van der Waals surface area contributed by atoms with E-state index in [9.17, 15) is 9.18 Å². The highest BCUT2D eigenvalue weighted by molar-refractivity contribution is 7.98. The fourth-order valence-electron chi connectivity index (χ4n) is 0.986. The lowest BCUT2D eigenvalue weighted by Crippen LogP contribution is -2.03. The van der Waals surface area contributed by atoms with Gasteiger partial charge in [-0.05, 0) is 24.5 Å². The number of hydrogen-bond acceptors (Lipinski definition) is 3. The van der Waals surface area contributed by atoms with Crippen LogP contribution in [0.5, 0.6) is 5.75 Å². The van der Waals surface area contributed by atoms with Gasteiger partial charge in [0, 0.05) is 5.75 Å². The van der Waals surface area contributed by atoms with Crippen LogP contribution in [0, 0.1) is 5.82 Å². The summed E-state index contributed by atoms with van der Waals surface area (Å²) in [5.41, 5.74) is -0.0790. The Hall–Kier alpha value is -1.23. The van der Waals surface area contributed by atoms with E-state index in [2.05, 4.69) is 0 Å². The predicted molar refractivity (Wildman–Crippen MR) is 57.2 cm³/mol. The van der Waals surface area contributed by atoms with Crippen LogP contribution in [-0.2, 0) is 0 Å². The molecule has 0 aromatic heterocycles. The minimum absolute atomic E-state index is 0.0790. The van der Waals surface area contributed by atoms with Gasteiger partial charge in [0.05, 0.1) is 12.2 Å². The van der Waals surface area contributed by atoms with Crippen LogP contribution >= 0.6 is 11.8 Å². The Morgan fingerprint density at radius 2 is 2.33 bits per heavy atom. The molecule has 0 spiro atoms. The normalized spacial score (nSPS) is 10.0. The Morgan fingerprint density at radius 3 is 2.87 bits per heavy atom. The van der Waals surface area contributed by atoms with E-state index in [-0.39, 0.29) is 11.3 Å². The summed E-state index contributed by atoms with van der Waals surface area (Å²) in [7, 11) is 0. The van der Waals surface area contributed by atoms with Gasteiger partial charge >= 0.3 is 5.97 Å². The van der Waals surface area contributed by atoms with Crippen LogP contribution in [0.2, 0.25) is 0 Å². The summed E-state index contributed by atoms with van der Waals surface area (Å²) in [5.74, 6) is -0.935. The second-order valence-electron chi connectivity index (χ2n) is 2.79. The standard InChI is InChI=1S/C10H11FO3S/c1-15-5-4-14-9-3-2-7(10(12)13)6-8(9)11/h2-3,6H,4-5H2,1H3,(H,12,13). The summed E-state index contributed by atoms with van der Waals surface area (Å²) >= 11 is 1.59. The maximum Gasteiger partial charge on any atom is 0.335 e. The van der Waals surface area contributed by atoms with E-state index in [1.165, 1.54) is 12.1 Å². The van der Waals surface area contributed by atoms with Crippen LogP contribution in [-0.4, -0.2) is 29.7 Å². The van der Waals surface area contributed by atoms with Crippen LogP contribution in [0.1, 0.15) is 10.4 Å². The Kier molecular flexibility index (Phi) is 4.42. The zero-order valence-corrected chi connectivity index (χ0v) is 9.01. The molecule has 1 rings (SSSR count). The molecular formula is C10H11FO3S. The Bertz CT molecular complexity index is 355. The summed E-state index contributed by atoms with van der Waals surface area (Å²) in [6.45, 7) is 0.407. The molecule has 0 bridgehead atoms. The first-order valence-corrected chi connectivity index (χ1v) is 5.69. The second kappa shape index (κ2) is 5.60. The third kappa shape index (κ3) is 3.43. The number of aromatic carboxylic acids is 1. The summed E-state index contributed by atoms with van der Waals surface area (Å²) in [5, 5.41) is 8.60. The highest BCUT2D eigenvalue weighted by Gasteiger charge is 2.08. The fraction of sp³-hybridized carbons (Fsp3) is 0.300. The van der Waals surface area contributed by atoms with Crippen molar-refractivity contribution in [2.24, 2.45) is 0 Å². The summed E-state index contributed by atoms with van der Waals surface area (Å²) in [4.78, 5) is 10.5. The molecule has 0 saturated carbocycles. The molecule has 0 saturated heterocycles. The number of carboxylic acid groups (broad SMARTS) is 1. The SMILES string of the molecule is CSCCOc1ccc(C(=O)O)cc1F. The molecule has 3 nitrogen and oxygen atoms in total. The van der Waals surface area contributed by atoms with E-state index < -0.39 is 11.8 Å². The minimum atomic E-state index is -1.15. The minimum Gasteiger partial charge on any atom is -0.490 e. The van der Waals surface area contributed by atoms with Crippen LogP contribution in [0.25, 0.3) is 0 Å². The number of hydrogen-bond donors (Lipinski definition) is 1. The van der Waals surface area contributed by atoms with Crippen molar-refractivity contribution in [1.29, 1.82) is 0 Å². The van der Waals surface area contributed by atoms with Gasteiger partial charge in [-0.15, -0.1) is 0 Å². The molecule has 0 heterocycles. The lowest BCUT2D eigenvalue weighted by atomic mass is 10.2. The van der Waals surface area contributed by atoms with Crippen LogP contribution in [0.3, 0.4) is 0 Å². The van der Waals surface area contributed by atoms with Gasteiger partial charge in [0.1, 0.15) is 0 Å². The van der Waals surface area contributed by atoms with Crippen LogP contribution in [0.4, 0.5) is 4.39 Å². The molecule has 0 aliphatic carbocycles. The van der Waals surface area contributed by atoms with Gasteiger partial charge in [0.25, 0.3) is 0 Å². The Morgan fingerprint density at radius 1 is 1.60 bits per heavy atom. The van der Waals surface area contributed by atoms with Gasteiger partial charge in [-0.2, -0.15) is 11.8 Å². The van der Waals surface area contributed by atoms with Gasteiger partial charge in [0.15, 0.2) is 11.6 Å². The van der Waals surface area contributed by atoms with Crippen molar-refractivity contribution in [2.45, 2.75) is 0 Å². The molecule has 15 heavy (non-hydrogen) atoms. The van der Waals surface area contributed by atoms with Crippen molar-refractivity contribution in [3.8, 4) is 5.75 Å². The molecule has 5 heteroatoms. The van der Waals surface area contributed by atoms with Crippen LogP contribution in [0.15, 0.2) is 18.2 Å². The number of carbonyl (C=O) groups is 1. The molecule has 0 fully saturated rings. The maximum atomic E-state index is 13.2. The molecule has 82 valence electrons. The predicted octanol–water partition coefficient (Wildman–Crippen LogP) is 2.27. The molecule has 0 unspecified atom stereocenters. The number of carboxylic acids is 1. The van der Waals surface area contributed by atoms with E-state index in [1.807, 2.05) is 6.26 Å². The molecule has 0 atom stereocenters. The van der Waals surface area contributed by atoms with Crippen molar-refractivity contribution in [3.63, 3.8) is 0 Å². The van der Waals surface area contributed by atoms with E-state index in [0.717, 1.165) is 11.8 Å². The first kappa shape index (κ1) is 11.8. The lowest BCUT2D eigenvalue weighted by Gasteiger charge is -2.06. The molecule has 1 aromatic rings. The van der Waals surface area contributed by atoms with Crippen molar-refractivity contribution in [1.82, 2.24) is 0 Å². The molecule has 1 aromatic carbocycles. The largest absolute Gasteiger partial charge is 0.490 e. The average Bonchev–Trinajstić information content (AvgIpc) is 2.20. The molecule has 0 amide bonds. The van der Waals surface area contributed by atoms with Gasteiger partial charge in [0.2, 0.25) is 0 Å². The number of benzene rings is 1. The molecule has 0 aliphatic rings. The topological polar surface area (TPSA) is 46.5 Å². The van der Waals surface area contributed by atoms with Gasteiger partial charge in [-0.25, -0.2) is 9.18 Å². The molecule has 0 aliphatic heterocycles. The van der Waals surface area contributed by atoms with Crippen LogP contribution < -0.4 is 4.74 Å². The highest BCUT2D eigenvalue weighted by Crippen LogP contribution is 2.18. The van der Waals surface area contributed by atoms with E-state index in [1.54, 1.807) is 11.8 Å². The first-order chi connectivity index (χ1) is 7.15. The molecular weight excluding hydrogens is 219 g/mol. The number of rotatable bonds is 5. The van der Waals surface area contributed by atoms with Gasteiger partial charge in [-0.3, -0.25) is 0 Å². The molecule has 1 N–H and O–H groups in total. The number of halogens is 1. The van der Waals surface area contributed by atoms with Gasteiger partial charge in [-0.1, -0.05) is 0 Å². The number of ether oxygens (including phenoxy) is 1. The molecule has 0 radical (unpaired) electrons. The Labute approximate surface area is 91.2 Å². The number of thioether (sulfide) groups is 1. The lowest BCUT2D eigenvalue weighted by molar-refractivity contribution is 0.0696. The van der Waals surface area contributed by atoms with Crippen molar-refractivity contribution in [2.75, 3.05) is 18.6 Å².